The number of hydrogen-bond acceptors (Lipinski definition) is 3. The third kappa shape index (κ3) is 3.87. The Balaban J connectivity index is 0.00000200. The van der Waals surface area contributed by atoms with Gasteiger partial charge < -0.3 is 15.8 Å². The Morgan fingerprint density at radius 1 is 1.45 bits per heavy atom. The molecule has 20 heavy (non-hydrogen) atoms. The van der Waals surface area contributed by atoms with Crippen LogP contribution in [-0.2, 0) is 10.2 Å². The van der Waals surface area contributed by atoms with E-state index < -0.39 is 0 Å². The molecule has 0 radical (unpaired) electrons. The first kappa shape index (κ1) is 16.8. The highest BCUT2D eigenvalue weighted by molar-refractivity contribution is 5.85. The van der Waals surface area contributed by atoms with Crippen LogP contribution in [0.1, 0.15) is 31.7 Å². The van der Waals surface area contributed by atoms with Crippen LogP contribution in [0.5, 0.6) is 5.75 Å². The van der Waals surface area contributed by atoms with Gasteiger partial charge in [0.25, 0.3) is 0 Å². The molecule has 1 fully saturated rings. The summed E-state index contributed by atoms with van der Waals surface area (Å²) in [4.78, 5) is 11.7. The zero-order valence-corrected chi connectivity index (χ0v) is 12.8. The lowest BCUT2D eigenvalue weighted by molar-refractivity contribution is -0.121. The number of carbonyl (C=O) groups is 1. The van der Waals surface area contributed by atoms with Gasteiger partial charge in [0.1, 0.15) is 5.75 Å². The fourth-order valence-corrected chi connectivity index (χ4v) is 2.41. The molecule has 5 heteroatoms. The van der Waals surface area contributed by atoms with Crippen molar-refractivity contribution in [2.24, 2.45) is 5.73 Å². The first-order chi connectivity index (χ1) is 9.07. The van der Waals surface area contributed by atoms with Gasteiger partial charge >= 0.3 is 0 Å². The summed E-state index contributed by atoms with van der Waals surface area (Å²) in [6.07, 6.45) is 2.56. The van der Waals surface area contributed by atoms with Crippen molar-refractivity contribution in [1.29, 1.82) is 0 Å². The SMILES string of the molecule is COc1ccccc1C1(CNC(=O)CC(C)N)CC1.Cl. The van der Waals surface area contributed by atoms with Crippen molar-refractivity contribution in [3.8, 4) is 5.75 Å². The molecule has 1 aliphatic carbocycles. The van der Waals surface area contributed by atoms with Gasteiger partial charge in [-0.05, 0) is 25.8 Å². The Kier molecular flexibility index (Phi) is 5.84. The molecule has 1 amide bonds. The van der Waals surface area contributed by atoms with Crippen molar-refractivity contribution in [1.82, 2.24) is 5.32 Å². The molecule has 0 heterocycles. The topological polar surface area (TPSA) is 64.3 Å². The van der Waals surface area contributed by atoms with Gasteiger partial charge in [-0.1, -0.05) is 18.2 Å². The van der Waals surface area contributed by atoms with Crippen LogP contribution in [0.4, 0.5) is 0 Å². The molecule has 1 saturated carbocycles. The fraction of sp³-hybridized carbons (Fsp3) is 0.533. The molecule has 2 rings (SSSR count). The van der Waals surface area contributed by atoms with E-state index in [0.717, 1.165) is 18.6 Å². The lowest BCUT2D eigenvalue weighted by atomic mass is 9.94. The molecule has 1 atom stereocenters. The fourth-order valence-electron chi connectivity index (χ4n) is 2.41. The third-order valence-electron chi connectivity index (χ3n) is 3.66. The summed E-state index contributed by atoms with van der Waals surface area (Å²) in [6.45, 7) is 2.51. The van der Waals surface area contributed by atoms with Crippen LogP contribution in [0, 0.1) is 0 Å². The van der Waals surface area contributed by atoms with Gasteiger partial charge in [-0.15, -0.1) is 12.4 Å². The van der Waals surface area contributed by atoms with Crippen molar-refractivity contribution in [3.05, 3.63) is 29.8 Å². The molecule has 1 unspecified atom stereocenters. The molecule has 4 nitrogen and oxygen atoms in total. The first-order valence-electron chi connectivity index (χ1n) is 6.73. The number of ether oxygens (including phenoxy) is 1. The second-order valence-electron chi connectivity index (χ2n) is 5.44. The van der Waals surface area contributed by atoms with E-state index in [2.05, 4.69) is 11.4 Å². The number of hydrogen-bond donors (Lipinski definition) is 2. The zero-order chi connectivity index (χ0) is 13.9. The Bertz CT molecular complexity index is 459. The van der Waals surface area contributed by atoms with Gasteiger partial charge in [0.2, 0.25) is 5.91 Å². The van der Waals surface area contributed by atoms with Gasteiger partial charge in [0.05, 0.1) is 7.11 Å². The summed E-state index contributed by atoms with van der Waals surface area (Å²) < 4.78 is 5.41. The van der Waals surface area contributed by atoms with E-state index in [1.54, 1.807) is 7.11 Å². The average Bonchev–Trinajstić information content (AvgIpc) is 3.17. The number of para-hydroxylation sites is 1. The Morgan fingerprint density at radius 3 is 2.65 bits per heavy atom. The normalized spacial score (nSPS) is 16.8. The predicted octanol–water partition coefficient (Wildman–Crippen LogP) is 2.00. The molecule has 3 N–H and O–H groups in total. The first-order valence-corrected chi connectivity index (χ1v) is 6.73. The van der Waals surface area contributed by atoms with E-state index in [0.29, 0.717) is 13.0 Å². The number of rotatable bonds is 6. The van der Waals surface area contributed by atoms with Crippen LogP contribution in [0.25, 0.3) is 0 Å². The Morgan fingerprint density at radius 2 is 2.10 bits per heavy atom. The predicted molar refractivity (Wildman–Crippen MR) is 82.4 cm³/mol. The maximum absolute atomic E-state index is 11.7. The molecule has 0 bridgehead atoms. The van der Waals surface area contributed by atoms with Crippen molar-refractivity contribution < 1.29 is 9.53 Å². The van der Waals surface area contributed by atoms with E-state index in [-0.39, 0.29) is 29.8 Å². The van der Waals surface area contributed by atoms with Crippen LogP contribution >= 0.6 is 12.4 Å². The monoisotopic (exact) mass is 298 g/mol. The van der Waals surface area contributed by atoms with E-state index >= 15 is 0 Å². The Labute approximate surface area is 126 Å². The summed E-state index contributed by atoms with van der Waals surface area (Å²) in [5.41, 5.74) is 6.87. The van der Waals surface area contributed by atoms with Crippen LogP contribution < -0.4 is 15.8 Å². The van der Waals surface area contributed by atoms with Crippen LogP contribution in [0.2, 0.25) is 0 Å². The minimum atomic E-state index is -0.0959. The number of nitrogens with one attached hydrogen (secondary N) is 1. The highest BCUT2D eigenvalue weighted by Crippen LogP contribution is 2.50. The smallest absolute Gasteiger partial charge is 0.221 e. The zero-order valence-electron chi connectivity index (χ0n) is 12.0. The molecular weight excluding hydrogens is 276 g/mol. The molecule has 1 aromatic rings. The standard InChI is InChI=1S/C15H22N2O2.ClH/c1-11(16)9-14(18)17-10-15(7-8-15)12-5-3-4-6-13(12)19-2;/h3-6,11H,7-10,16H2,1-2H3,(H,17,18);1H. The summed E-state index contributed by atoms with van der Waals surface area (Å²) in [6, 6.07) is 7.94. The number of carbonyl (C=O) groups excluding carboxylic acids is 1. The molecule has 0 aromatic heterocycles. The van der Waals surface area contributed by atoms with Crippen molar-refractivity contribution in [2.45, 2.75) is 37.6 Å². The number of benzene rings is 1. The lowest BCUT2D eigenvalue weighted by Crippen LogP contribution is -2.35. The summed E-state index contributed by atoms with van der Waals surface area (Å²) in [5.74, 6) is 0.928. The number of halogens is 1. The number of nitrogens with two attached hydrogens (primary N) is 1. The summed E-state index contributed by atoms with van der Waals surface area (Å²) >= 11 is 0. The summed E-state index contributed by atoms with van der Waals surface area (Å²) in [5, 5.41) is 2.99. The molecule has 0 saturated heterocycles. The van der Waals surface area contributed by atoms with Gasteiger partial charge in [0, 0.05) is 30.0 Å². The van der Waals surface area contributed by atoms with Crippen molar-refractivity contribution in [3.63, 3.8) is 0 Å². The summed E-state index contributed by atoms with van der Waals surface area (Å²) in [7, 11) is 1.68. The van der Waals surface area contributed by atoms with Gasteiger partial charge in [0.15, 0.2) is 0 Å². The van der Waals surface area contributed by atoms with E-state index in [1.165, 1.54) is 5.56 Å². The third-order valence-corrected chi connectivity index (χ3v) is 3.66. The van der Waals surface area contributed by atoms with Crippen molar-refractivity contribution >= 4 is 18.3 Å². The van der Waals surface area contributed by atoms with Crippen LogP contribution in [0.3, 0.4) is 0 Å². The minimum absolute atomic E-state index is 0. The molecule has 0 aliphatic heterocycles. The van der Waals surface area contributed by atoms with E-state index in [9.17, 15) is 4.79 Å². The van der Waals surface area contributed by atoms with E-state index in [4.69, 9.17) is 10.5 Å². The van der Waals surface area contributed by atoms with Crippen LogP contribution in [-0.4, -0.2) is 25.6 Å². The molecule has 1 aromatic carbocycles. The quantitative estimate of drug-likeness (QED) is 0.844. The highest BCUT2D eigenvalue weighted by atomic mass is 35.5. The minimum Gasteiger partial charge on any atom is -0.496 e. The Hall–Kier alpha value is -1.26. The highest BCUT2D eigenvalue weighted by Gasteiger charge is 2.46. The largest absolute Gasteiger partial charge is 0.496 e. The van der Waals surface area contributed by atoms with Gasteiger partial charge in [-0.2, -0.15) is 0 Å². The second-order valence-corrected chi connectivity index (χ2v) is 5.44. The average molecular weight is 299 g/mol. The van der Waals surface area contributed by atoms with Crippen molar-refractivity contribution in [2.75, 3.05) is 13.7 Å². The number of amides is 1. The maximum Gasteiger partial charge on any atom is 0.221 e. The van der Waals surface area contributed by atoms with Gasteiger partial charge in [-0.25, -0.2) is 0 Å². The lowest BCUT2D eigenvalue weighted by Gasteiger charge is -2.19. The second kappa shape index (κ2) is 6.95. The molecular formula is C15H23ClN2O2. The molecule has 0 spiro atoms. The van der Waals surface area contributed by atoms with Crippen LogP contribution in [0.15, 0.2) is 24.3 Å². The molecule has 1 aliphatic rings. The maximum atomic E-state index is 11.7. The van der Waals surface area contributed by atoms with E-state index in [1.807, 2.05) is 25.1 Å². The van der Waals surface area contributed by atoms with Gasteiger partial charge in [-0.3, -0.25) is 4.79 Å². The molecule has 112 valence electrons. The number of methoxy groups -OCH3 is 1.